The summed E-state index contributed by atoms with van der Waals surface area (Å²) in [7, 11) is 0. The minimum absolute atomic E-state index is 0.0516. The highest BCUT2D eigenvalue weighted by Crippen LogP contribution is 2.29. The number of esters is 1. The molecule has 1 aromatic rings. The van der Waals surface area contributed by atoms with Crippen LogP contribution in [0.3, 0.4) is 0 Å². The van der Waals surface area contributed by atoms with Crippen LogP contribution in [0.25, 0.3) is 0 Å². The zero-order valence-corrected chi connectivity index (χ0v) is 10.7. The molecule has 2 rings (SSSR count). The van der Waals surface area contributed by atoms with Gasteiger partial charge in [-0.05, 0) is 43.5 Å². The van der Waals surface area contributed by atoms with Gasteiger partial charge in [0.1, 0.15) is 6.10 Å². The highest BCUT2D eigenvalue weighted by atomic mass is 19.4. The largest absolute Gasteiger partial charge is 0.456 e. The van der Waals surface area contributed by atoms with E-state index in [4.69, 9.17) is 4.74 Å². The number of aliphatic hydroxyl groups excluding tert-OH is 1. The first-order chi connectivity index (χ1) is 9.38. The average Bonchev–Trinajstić information content (AvgIpc) is 2.40. The normalized spacial score (nSPS) is 23.4. The van der Waals surface area contributed by atoms with Gasteiger partial charge < -0.3 is 9.84 Å². The minimum Gasteiger partial charge on any atom is -0.456 e. The van der Waals surface area contributed by atoms with E-state index in [1.165, 1.54) is 0 Å². The van der Waals surface area contributed by atoms with Crippen LogP contribution in [0.2, 0.25) is 0 Å². The van der Waals surface area contributed by atoms with Crippen molar-refractivity contribution >= 4 is 5.97 Å². The molecule has 1 N–H and O–H groups in total. The summed E-state index contributed by atoms with van der Waals surface area (Å²) in [5, 5.41) is 9.69. The highest BCUT2D eigenvalue weighted by Gasteiger charge is 2.31. The maximum Gasteiger partial charge on any atom is 0.416 e. The lowest BCUT2D eigenvalue weighted by Crippen LogP contribution is -2.34. The van der Waals surface area contributed by atoms with Crippen LogP contribution in [-0.4, -0.2) is 23.3 Å². The molecule has 2 atom stereocenters. The molecule has 1 aliphatic carbocycles. The molecule has 0 radical (unpaired) electrons. The minimum atomic E-state index is -4.43. The van der Waals surface area contributed by atoms with E-state index < -0.39 is 29.9 Å². The van der Waals surface area contributed by atoms with Gasteiger partial charge in [-0.15, -0.1) is 0 Å². The van der Waals surface area contributed by atoms with Gasteiger partial charge >= 0.3 is 12.1 Å². The SMILES string of the molecule is O=C(O[C@@H]1CCCC[C@H]1O)c1ccc(C(F)(F)F)cc1. The van der Waals surface area contributed by atoms with Crippen molar-refractivity contribution < 1.29 is 27.8 Å². The molecule has 0 aromatic heterocycles. The number of hydrogen-bond acceptors (Lipinski definition) is 3. The van der Waals surface area contributed by atoms with E-state index in [9.17, 15) is 23.1 Å². The number of carbonyl (C=O) groups excluding carboxylic acids is 1. The molecule has 20 heavy (non-hydrogen) atoms. The van der Waals surface area contributed by atoms with Gasteiger partial charge in [0.25, 0.3) is 0 Å². The maximum absolute atomic E-state index is 12.4. The molecule has 0 aliphatic heterocycles. The fourth-order valence-electron chi connectivity index (χ4n) is 2.22. The van der Waals surface area contributed by atoms with Crippen molar-refractivity contribution in [2.45, 2.75) is 44.1 Å². The molecule has 1 aliphatic rings. The first-order valence-electron chi connectivity index (χ1n) is 6.44. The molecule has 0 amide bonds. The maximum atomic E-state index is 12.4. The van der Waals surface area contributed by atoms with Crippen LogP contribution in [0, 0.1) is 0 Å². The van der Waals surface area contributed by atoms with Crippen LogP contribution in [-0.2, 0) is 10.9 Å². The van der Waals surface area contributed by atoms with E-state index in [2.05, 4.69) is 0 Å². The second-order valence-electron chi connectivity index (χ2n) is 4.87. The number of alkyl halides is 3. The average molecular weight is 288 g/mol. The van der Waals surface area contributed by atoms with Crippen molar-refractivity contribution in [1.82, 2.24) is 0 Å². The van der Waals surface area contributed by atoms with E-state index in [1.54, 1.807) is 0 Å². The van der Waals surface area contributed by atoms with Crippen molar-refractivity contribution in [1.29, 1.82) is 0 Å². The predicted octanol–water partition coefficient (Wildman–Crippen LogP) is 3.17. The van der Waals surface area contributed by atoms with Gasteiger partial charge in [0, 0.05) is 0 Å². The number of ether oxygens (including phenoxy) is 1. The van der Waals surface area contributed by atoms with E-state index in [1.807, 2.05) is 0 Å². The Labute approximate surface area is 114 Å². The molecule has 0 spiro atoms. The molecule has 1 saturated carbocycles. The molecule has 110 valence electrons. The third-order valence-electron chi connectivity index (χ3n) is 3.37. The lowest BCUT2D eigenvalue weighted by Gasteiger charge is -2.27. The monoisotopic (exact) mass is 288 g/mol. The van der Waals surface area contributed by atoms with Crippen LogP contribution in [0.15, 0.2) is 24.3 Å². The fraction of sp³-hybridized carbons (Fsp3) is 0.500. The molecule has 3 nitrogen and oxygen atoms in total. The Morgan fingerprint density at radius 2 is 1.75 bits per heavy atom. The topological polar surface area (TPSA) is 46.5 Å². The first kappa shape index (κ1) is 14.8. The molecule has 6 heteroatoms. The Morgan fingerprint density at radius 1 is 1.15 bits per heavy atom. The number of aliphatic hydroxyl groups is 1. The lowest BCUT2D eigenvalue weighted by atomic mass is 9.95. The summed E-state index contributed by atoms with van der Waals surface area (Å²) in [6.07, 6.45) is -2.79. The summed E-state index contributed by atoms with van der Waals surface area (Å²) in [5.41, 5.74) is -0.762. The molecular formula is C14H15F3O3. The molecular weight excluding hydrogens is 273 g/mol. The van der Waals surface area contributed by atoms with Crippen molar-refractivity contribution in [2.24, 2.45) is 0 Å². The van der Waals surface area contributed by atoms with Crippen molar-refractivity contribution in [2.75, 3.05) is 0 Å². The summed E-state index contributed by atoms with van der Waals surface area (Å²) < 4.78 is 42.3. The summed E-state index contributed by atoms with van der Waals surface area (Å²) >= 11 is 0. The lowest BCUT2D eigenvalue weighted by molar-refractivity contribution is -0.137. The number of halogens is 3. The predicted molar refractivity (Wildman–Crippen MR) is 65.1 cm³/mol. The summed E-state index contributed by atoms with van der Waals surface area (Å²) in [6, 6.07) is 3.85. The van der Waals surface area contributed by atoms with Crippen molar-refractivity contribution in [3.05, 3.63) is 35.4 Å². The molecule has 0 unspecified atom stereocenters. The Morgan fingerprint density at radius 3 is 2.30 bits per heavy atom. The van der Waals surface area contributed by atoms with Crippen LogP contribution < -0.4 is 0 Å². The van der Waals surface area contributed by atoms with E-state index in [0.717, 1.165) is 37.1 Å². The molecule has 1 aromatic carbocycles. The number of hydrogen-bond donors (Lipinski definition) is 1. The third-order valence-corrected chi connectivity index (χ3v) is 3.37. The summed E-state index contributed by atoms with van der Waals surface area (Å²) in [5.74, 6) is -0.704. The standard InChI is InChI=1S/C14H15F3O3/c15-14(16,17)10-7-5-9(6-8-10)13(19)20-12-4-2-1-3-11(12)18/h5-8,11-12,18H,1-4H2/t11-,12-/m1/s1. The molecule has 0 saturated heterocycles. The Hall–Kier alpha value is -1.56. The van der Waals surface area contributed by atoms with Crippen molar-refractivity contribution in [3.63, 3.8) is 0 Å². The van der Waals surface area contributed by atoms with Gasteiger partial charge in [-0.2, -0.15) is 13.2 Å². The Bertz CT molecular complexity index is 468. The zero-order valence-electron chi connectivity index (χ0n) is 10.7. The quantitative estimate of drug-likeness (QED) is 0.850. The summed E-state index contributed by atoms with van der Waals surface area (Å²) in [4.78, 5) is 11.8. The van der Waals surface area contributed by atoms with Crippen LogP contribution >= 0.6 is 0 Å². The first-order valence-corrected chi connectivity index (χ1v) is 6.44. The molecule has 0 bridgehead atoms. The number of rotatable bonds is 2. The number of benzene rings is 1. The second-order valence-corrected chi connectivity index (χ2v) is 4.87. The number of carbonyl (C=O) groups is 1. The molecule has 0 heterocycles. The van der Waals surface area contributed by atoms with Gasteiger partial charge in [0.15, 0.2) is 0 Å². The van der Waals surface area contributed by atoms with E-state index >= 15 is 0 Å². The highest BCUT2D eigenvalue weighted by molar-refractivity contribution is 5.89. The van der Waals surface area contributed by atoms with E-state index in [0.29, 0.717) is 12.8 Å². The Kier molecular flexibility index (Phi) is 4.32. The van der Waals surface area contributed by atoms with Crippen LogP contribution in [0.1, 0.15) is 41.6 Å². The summed E-state index contributed by atoms with van der Waals surface area (Å²) in [6.45, 7) is 0. The molecule has 1 fully saturated rings. The van der Waals surface area contributed by atoms with Crippen molar-refractivity contribution in [3.8, 4) is 0 Å². The van der Waals surface area contributed by atoms with Crippen LogP contribution in [0.5, 0.6) is 0 Å². The second kappa shape index (κ2) is 5.83. The van der Waals surface area contributed by atoms with E-state index in [-0.39, 0.29) is 5.56 Å². The zero-order chi connectivity index (χ0) is 14.8. The van der Waals surface area contributed by atoms with Gasteiger partial charge in [0.05, 0.1) is 17.2 Å². The van der Waals surface area contributed by atoms with Gasteiger partial charge in [-0.1, -0.05) is 6.42 Å². The van der Waals surface area contributed by atoms with Gasteiger partial charge in [-0.3, -0.25) is 0 Å². The van der Waals surface area contributed by atoms with Gasteiger partial charge in [-0.25, -0.2) is 4.79 Å². The van der Waals surface area contributed by atoms with Crippen LogP contribution in [0.4, 0.5) is 13.2 Å². The smallest absolute Gasteiger partial charge is 0.416 e. The fourth-order valence-corrected chi connectivity index (χ4v) is 2.22. The third kappa shape index (κ3) is 3.50. The Balaban J connectivity index is 2.02. The van der Waals surface area contributed by atoms with Gasteiger partial charge in [0.2, 0.25) is 0 Å².